The van der Waals surface area contributed by atoms with Gasteiger partial charge in [0.1, 0.15) is 17.0 Å². The fourth-order valence-corrected chi connectivity index (χ4v) is 4.49. The number of nitrogens with zero attached hydrogens (tertiary/aromatic N) is 4. The fourth-order valence-electron chi connectivity index (χ4n) is 4.49. The molecule has 0 unspecified atom stereocenters. The third kappa shape index (κ3) is 3.88. The number of imide groups is 1. The number of methoxy groups -OCH3 is 1. The molecule has 5 rings (SSSR count). The Morgan fingerprint density at radius 3 is 2.45 bits per heavy atom. The normalized spacial score (nSPS) is 17.7. The molecule has 2 aliphatic rings. The molecule has 1 saturated carbocycles. The van der Waals surface area contributed by atoms with E-state index in [4.69, 9.17) is 9.84 Å². The molecule has 8 heteroatoms. The van der Waals surface area contributed by atoms with E-state index in [1.807, 2.05) is 60.8 Å². The molecule has 0 bridgehead atoms. The molecule has 3 amide bonds. The first kappa shape index (κ1) is 20.9. The van der Waals surface area contributed by atoms with Crippen molar-refractivity contribution in [3.05, 3.63) is 66.4 Å². The van der Waals surface area contributed by atoms with Crippen LogP contribution in [0.25, 0.3) is 16.9 Å². The van der Waals surface area contributed by atoms with E-state index in [1.165, 1.54) is 6.21 Å². The Balaban J connectivity index is 1.50. The van der Waals surface area contributed by atoms with Crippen molar-refractivity contribution in [1.29, 1.82) is 0 Å². The maximum atomic E-state index is 13.1. The Labute approximate surface area is 191 Å². The Morgan fingerprint density at radius 1 is 1.03 bits per heavy atom. The van der Waals surface area contributed by atoms with Crippen LogP contribution in [0, 0.1) is 0 Å². The second kappa shape index (κ2) is 8.54. The van der Waals surface area contributed by atoms with Crippen LogP contribution in [-0.4, -0.2) is 45.6 Å². The van der Waals surface area contributed by atoms with Crippen molar-refractivity contribution in [2.24, 2.45) is 5.10 Å². The first-order chi connectivity index (χ1) is 16.1. The minimum Gasteiger partial charge on any atom is -0.497 e. The number of rotatable bonds is 5. The number of ether oxygens (including phenoxy) is 1. The molecule has 1 aliphatic carbocycles. The van der Waals surface area contributed by atoms with Gasteiger partial charge in [-0.2, -0.15) is 10.2 Å². The van der Waals surface area contributed by atoms with Gasteiger partial charge in [0, 0.05) is 17.3 Å². The van der Waals surface area contributed by atoms with E-state index in [9.17, 15) is 9.59 Å². The van der Waals surface area contributed by atoms with E-state index < -0.39 is 11.6 Å². The molecule has 0 radical (unpaired) electrons. The lowest BCUT2D eigenvalue weighted by atomic mass is 9.82. The Bertz CT molecular complexity index is 1190. The number of aromatic nitrogens is 2. The maximum absolute atomic E-state index is 13.1. The van der Waals surface area contributed by atoms with Gasteiger partial charge in [0.2, 0.25) is 0 Å². The number of carbonyl (C=O) groups excluding carboxylic acids is 2. The molecule has 1 spiro atoms. The van der Waals surface area contributed by atoms with E-state index in [1.54, 1.807) is 11.8 Å². The smallest absolute Gasteiger partial charge is 0.346 e. The van der Waals surface area contributed by atoms with Crippen molar-refractivity contribution in [1.82, 2.24) is 20.1 Å². The largest absolute Gasteiger partial charge is 0.497 e. The fraction of sp³-hybridized carbons (Fsp3) is 0.280. The van der Waals surface area contributed by atoms with Gasteiger partial charge in [0.25, 0.3) is 5.91 Å². The number of hydrogen-bond donors (Lipinski definition) is 1. The average Bonchev–Trinajstić information content (AvgIpc) is 3.38. The number of para-hydroxylation sites is 1. The van der Waals surface area contributed by atoms with Crippen LogP contribution < -0.4 is 10.1 Å². The summed E-state index contributed by atoms with van der Waals surface area (Å²) in [5, 5.41) is 12.9. The molecule has 1 aromatic heterocycles. The number of hydrogen-bond acceptors (Lipinski definition) is 5. The topological polar surface area (TPSA) is 88.8 Å². The van der Waals surface area contributed by atoms with Crippen LogP contribution in [0.4, 0.5) is 4.79 Å². The van der Waals surface area contributed by atoms with Crippen molar-refractivity contribution >= 4 is 18.2 Å². The van der Waals surface area contributed by atoms with E-state index in [-0.39, 0.29) is 5.91 Å². The molecular formula is C25H25N5O3. The molecule has 3 aromatic rings. The highest BCUT2D eigenvalue weighted by molar-refractivity contribution is 6.07. The highest BCUT2D eigenvalue weighted by Crippen LogP contribution is 2.34. The van der Waals surface area contributed by atoms with Gasteiger partial charge < -0.3 is 10.1 Å². The number of hydrazone groups is 1. The van der Waals surface area contributed by atoms with Crippen LogP contribution in [0.5, 0.6) is 5.75 Å². The van der Waals surface area contributed by atoms with Gasteiger partial charge in [-0.3, -0.25) is 4.79 Å². The van der Waals surface area contributed by atoms with Gasteiger partial charge in [-0.25, -0.2) is 9.48 Å². The molecule has 0 atom stereocenters. The molecule has 1 N–H and O–H groups in total. The number of nitrogens with one attached hydrogen (secondary N) is 1. The van der Waals surface area contributed by atoms with Crippen LogP contribution in [0.1, 0.15) is 37.7 Å². The predicted octanol–water partition coefficient (Wildman–Crippen LogP) is 4.14. The van der Waals surface area contributed by atoms with Gasteiger partial charge in [-0.15, -0.1) is 5.01 Å². The summed E-state index contributed by atoms with van der Waals surface area (Å²) in [6.45, 7) is 0. The third-order valence-electron chi connectivity index (χ3n) is 6.29. The van der Waals surface area contributed by atoms with Gasteiger partial charge in [-0.1, -0.05) is 37.5 Å². The Morgan fingerprint density at radius 2 is 1.76 bits per heavy atom. The van der Waals surface area contributed by atoms with Crippen molar-refractivity contribution in [2.75, 3.05) is 7.11 Å². The number of urea groups is 1. The molecule has 1 aliphatic heterocycles. The molecule has 8 nitrogen and oxygen atoms in total. The Hall–Kier alpha value is -3.94. The summed E-state index contributed by atoms with van der Waals surface area (Å²) in [5.74, 6) is 0.471. The van der Waals surface area contributed by atoms with Crippen molar-refractivity contribution in [3.8, 4) is 22.7 Å². The SMILES string of the molecule is COc1ccc(-c2nn(-c3ccccc3)cc2C=NN2C(=O)NC3(CCCCC3)C2=O)cc1. The standard InChI is InChI=1S/C25H25N5O3/c1-33-21-12-10-18(11-13-21)22-19(17-29(28-22)20-8-4-2-5-9-20)16-26-30-23(31)25(27-24(30)32)14-6-3-7-15-25/h2,4-5,8-13,16-17H,3,6-7,14-15H2,1H3,(H,27,32). The van der Waals surface area contributed by atoms with Gasteiger partial charge >= 0.3 is 6.03 Å². The van der Waals surface area contributed by atoms with Crippen molar-refractivity contribution in [2.45, 2.75) is 37.6 Å². The number of carbonyl (C=O) groups is 2. The van der Waals surface area contributed by atoms with E-state index in [0.29, 0.717) is 24.1 Å². The number of benzene rings is 2. The second-order valence-corrected chi connectivity index (χ2v) is 8.38. The first-order valence-electron chi connectivity index (χ1n) is 11.1. The Kier molecular flexibility index (Phi) is 5.42. The lowest BCUT2D eigenvalue weighted by Gasteiger charge is -2.29. The summed E-state index contributed by atoms with van der Waals surface area (Å²) in [5.41, 5.74) is 2.33. The summed E-state index contributed by atoms with van der Waals surface area (Å²) in [6, 6.07) is 16.8. The second-order valence-electron chi connectivity index (χ2n) is 8.38. The zero-order valence-corrected chi connectivity index (χ0v) is 18.4. The van der Waals surface area contributed by atoms with E-state index in [0.717, 1.165) is 41.3 Å². The van der Waals surface area contributed by atoms with Gasteiger partial charge in [0.15, 0.2) is 0 Å². The van der Waals surface area contributed by atoms with Gasteiger partial charge in [-0.05, 0) is 49.2 Å². The van der Waals surface area contributed by atoms with E-state index >= 15 is 0 Å². The number of amides is 3. The van der Waals surface area contributed by atoms with Crippen LogP contribution in [0.15, 0.2) is 65.9 Å². The van der Waals surface area contributed by atoms with Crippen molar-refractivity contribution < 1.29 is 14.3 Å². The zero-order valence-electron chi connectivity index (χ0n) is 18.4. The van der Waals surface area contributed by atoms with Crippen LogP contribution in [0.3, 0.4) is 0 Å². The quantitative estimate of drug-likeness (QED) is 0.474. The van der Waals surface area contributed by atoms with Crippen molar-refractivity contribution in [3.63, 3.8) is 0 Å². The molecular weight excluding hydrogens is 418 g/mol. The molecule has 1 saturated heterocycles. The minimum atomic E-state index is -0.806. The highest BCUT2D eigenvalue weighted by atomic mass is 16.5. The molecule has 33 heavy (non-hydrogen) atoms. The lowest BCUT2D eigenvalue weighted by molar-refractivity contribution is -0.132. The van der Waals surface area contributed by atoms with E-state index in [2.05, 4.69) is 10.4 Å². The lowest BCUT2D eigenvalue weighted by Crippen LogP contribution is -2.48. The third-order valence-corrected chi connectivity index (χ3v) is 6.29. The molecule has 2 fully saturated rings. The summed E-state index contributed by atoms with van der Waals surface area (Å²) in [6.07, 6.45) is 7.62. The zero-order chi connectivity index (χ0) is 22.8. The summed E-state index contributed by atoms with van der Waals surface area (Å²) >= 11 is 0. The summed E-state index contributed by atoms with van der Waals surface area (Å²) in [7, 11) is 1.62. The monoisotopic (exact) mass is 443 g/mol. The summed E-state index contributed by atoms with van der Waals surface area (Å²) in [4.78, 5) is 25.6. The van der Waals surface area contributed by atoms with Gasteiger partial charge in [0.05, 0.1) is 19.0 Å². The molecule has 168 valence electrons. The molecule has 2 aromatic carbocycles. The van der Waals surface area contributed by atoms with Crippen LogP contribution in [0.2, 0.25) is 0 Å². The first-order valence-corrected chi connectivity index (χ1v) is 11.1. The maximum Gasteiger partial charge on any atom is 0.346 e. The molecule has 2 heterocycles. The van der Waals surface area contributed by atoms with Crippen LogP contribution >= 0.6 is 0 Å². The summed E-state index contributed by atoms with van der Waals surface area (Å²) < 4.78 is 7.02. The average molecular weight is 444 g/mol. The predicted molar refractivity (Wildman–Crippen MR) is 124 cm³/mol. The highest BCUT2D eigenvalue weighted by Gasteiger charge is 2.51. The van der Waals surface area contributed by atoms with Crippen LogP contribution in [-0.2, 0) is 4.79 Å². The minimum absolute atomic E-state index is 0.273.